The van der Waals surface area contributed by atoms with Crippen molar-refractivity contribution < 1.29 is 18.0 Å². The summed E-state index contributed by atoms with van der Waals surface area (Å²) in [5, 5.41) is 2.95. The molecule has 180 valence electrons. The fourth-order valence-electron chi connectivity index (χ4n) is 3.37. The first-order chi connectivity index (χ1) is 15.3. The van der Waals surface area contributed by atoms with E-state index in [0.29, 0.717) is 12.1 Å². The second-order valence-corrected chi connectivity index (χ2v) is 12.1. The van der Waals surface area contributed by atoms with Crippen LogP contribution in [0.4, 0.5) is 5.69 Å². The number of nitrogens with one attached hydrogen (secondary N) is 1. The normalized spacial score (nSPS) is 12.7. The third kappa shape index (κ3) is 8.29. The molecule has 0 saturated heterocycles. The van der Waals surface area contributed by atoms with Crippen molar-refractivity contribution in [1.82, 2.24) is 10.2 Å². The van der Waals surface area contributed by atoms with Gasteiger partial charge < -0.3 is 10.2 Å². The minimum atomic E-state index is -3.73. The van der Waals surface area contributed by atoms with Gasteiger partial charge in [0.15, 0.2) is 0 Å². The van der Waals surface area contributed by atoms with E-state index in [1.54, 1.807) is 24.3 Å². The largest absolute Gasteiger partial charge is 0.350 e. The number of hydrogen-bond acceptors (Lipinski definition) is 4. The average molecular weight is 586 g/mol. The van der Waals surface area contributed by atoms with E-state index in [9.17, 15) is 18.0 Å². The van der Waals surface area contributed by atoms with Crippen molar-refractivity contribution in [1.29, 1.82) is 0 Å². The van der Waals surface area contributed by atoms with E-state index in [2.05, 4.69) is 27.9 Å². The maximum absolute atomic E-state index is 13.6. The van der Waals surface area contributed by atoms with Gasteiger partial charge in [0.1, 0.15) is 12.6 Å². The van der Waals surface area contributed by atoms with E-state index < -0.39 is 34.1 Å². The summed E-state index contributed by atoms with van der Waals surface area (Å²) in [7, 11) is -3.73. The van der Waals surface area contributed by atoms with E-state index in [0.717, 1.165) is 19.7 Å². The second kappa shape index (κ2) is 11.3. The summed E-state index contributed by atoms with van der Waals surface area (Å²) >= 11 is 2.13. The van der Waals surface area contributed by atoms with Crippen LogP contribution in [0.1, 0.15) is 39.7 Å². The highest BCUT2D eigenvalue weighted by molar-refractivity contribution is 14.1. The number of benzene rings is 2. The molecule has 0 radical (unpaired) electrons. The Bertz CT molecular complexity index is 1050. The SMILES string of the molecule is CC[C@@H](C(=O)NC(C)(C)C)N(Cc1ccccc1)C(=O)CN(c1ccc(I)cc1)S(C)(=O)=O. The van der Waals surface area contributed by atoms with Crippen LogP contribution in [-0.2, 0) is 26.2 Å². The van der Waals surface area contributed by atoms with Crippen LogP contribution < -0.4 is 9.62 Å². The van der Waals surface area contributed by atoms with Gasteiger partial charge >= 0.3 is 0 Å². The Hall–Kier alpha value is -2.14. The topological polar surface area (TPSA) is 86.8 Å². The summed E-state index contributed by atoms with van der Waals surface area (Å²) < 4.78 is 27.2. The average Bonchev–Trinajstić information content (AvgIpc) is 2.71. The Kier molecular flexibility index (Phi) is 9.30. The number of hydrogen-bond donors (Lipinski definition) is 1. The number of carbonyl (C=O) groups is 2. The molecule has 1 N–H and O–H groups in total. The molecule has 0 bridgehead atoms. The van der Waals surface area contributed by atoms with Gasteiger partial charge in [-0.2, -0.15) is 0 Å². The zero-order chi connectivity index (χ0) is 24.8. The molecule has 0 aromatic heterocycles. The molecule has 2 aromatic carbocycles. The van der Waals surface area contributed by atoms with Crippen LogP contribution >= 0.6 is 22.6 Å². The summed E-state index contributed by atoms with van der Waals surface area (Å²) in [5.74, 6) is -0.715. The Labute approximate surface area is 210 Å². The van der Waals surface area contributed by atoms with Gasteiger partial charge in [-0.1, -0.05) is 37.3 Å². The summed E-state index contributed by atoms with van der Waals surface area (Å²) in [6.45, 7) is 7.27. The van der Waals surface area contributed by atoms with Crippen LogP contribution in [0.25, 0.3) is 0 Å². The van der Waals surface area contributed by atoms with Crippen molar-refractivity contribution in [2.75, 3.05) is 17.1 Å². The van der Waals surface area contributed by atoms with E-state index in [-0.39, 0.29) is 12.5 Å². The molecule has 0 saturated carbocycles. The van der Waals surface area contributed by atoms with E-state index >= 15 is 0 Å². The zero-order valence-electron chi connectivity index (χ0n) is 19.7. The van der Waals surface area contributed by atoms with Gasteiger partial charge in [-0.3, -0.25) is 13.9 Å². The van der Waals surface area contributed by atoms with Gasteiger partial charge in [-0.05, 0) is 79.6 Å². The van der Waals surface area contributed by atoms with Crippen molar-refractivity contribution >= 4 is 50.1 Å². The predicted molar refractivity (Wildman–Crippen MR) is 140 cm³/mol. The van der Waals surface area contributed by atoms with Crippen molar-refractivity contribution in [3.8, 4) is 0 Å². The van der Waals surface area contributed by atoms with Crippen molar-refractivity contribution in [3.63, 3.8) is 0 Å². The smallest absolute Gasteiger partial charge is 0.244 e. The molecule has 0 aliphatic carbocycles. The maximum Gasteiger partial charge on any atom is 0.244 e. The van der Waals surface area contributed by atoms with Crippen molar-refractivity contribution in [2.45, 2.75) is 52.2 Å². The molecule has 2 aromatic rings. The predicted octanol–water partition coefficient (Wildman–Crippen LogP) is 3.78. The minimum Gasteiger partial charge on any atom is -0.350 e. The number of nitrogens with zero attached hydrogens (tertiary/aromatic N) is 2. The lowest BCUT2D eigenvalue weighted by Gasteiger charge is -2.34. The molecule has 0 aliphatic heterocycles. The van der Waals surface area contributed by atoms with Crippen LogP contribution in [-0.4, -0.2) is 49.5 Å². The van der Waals surface area contributed by atoms with Crippen LogP contribution in [0.5, 0.6) is 0 Å². The summed E-state index contributed by atoms with van der Waals surface area (Å²) in [5.41, 5.74) is 0.789. The molecular weight excluding hydrogens is 553 g/mol. The maximum atomic E-state index is 13.6. The van der Waals surface area contributed by atoms with Gasteiger partial charge in [-0.25, -0.2) is 8.42 Å². The number of rotatable bonds is 9. The fourth-order valence-corrected chi connectivity index (χ4v) is 4.58. The number of carbonyl (C=O) groups excluding carboxylic acids is 2. The van der Waals surface area contributed by atoms with Crippen LogP contribution in [0.15, 0.2) is 54.6 Å². The number of amides is 2. The molecule has 33 heavy (non-hydrogen) atoms. The zero-order valence-corrected chi connectivity index (χ0v) is 22.7. The van der Waals surface area contributed by atoms with Crippen molar-refractivity contribution in [3.05, 3.63) is 63.7 Å². The number of sulfonamides is 1. The molecule has 0 fully saturated rings. The standard InChI is InChI=1S/C24H32IN3O4S/c1-6-21(23(30)26-24(2,3)4)27(16-18-10-8-7-9-11-18)22(29)17-28(33(5,31)32)20-14-12-19(25)13-15-20/h7-15,21H,6,16-17H2,1-5H3,(H,26,30)/t21-/m0/s1. The number of anilines is 1. The van der Waals surface area contributed by atoms with Gasteiger partial charge in [0.2, 0.25) is 21.8 Å². The molecule has 0 unspecified atom stereocenters. The van der Waals surface area contributed by atoms with E-state index in [1.165, 1.54) is 4.90 Å². The van der Waals surface area contributed by atoms with Crippen molar-refractivity contribution in [2.24, 2.45) is 0 Å². The quantitative estimate of drug-likeness (QED) is 0.454. The summed E-state index contributed by atoms with van der Waals surface area (Å²) in [6.07, 6.45) is 1.46. The Balaban J connectivity index is 2.42. The Morgan fingerprint density at radius 3 is 2.09 bits per heavy atom. The lowest BCUT2D eigenvalue weighted by atomic mass is 10.1. The van der Waals surface area contributed by atoms with E-state index in [1.807, 2.05) is 58.0 Å². The van der Waals surface area contributed by atoms with Crippen LogP contribution in [0.2, 0.25) is 0 Å². The Morgan fingerprint density at radius 2 is 1.61 bits per heavy atom. The highest BCUT2D eigenvalue weighted by Gasteiger charge is 2.33. The monoisotopic (exact) mass is 585 g/mol. The third-order valence-electron chi connectivity index (χ3n) is 4.87. The highest BCUT2D eigenvalue weighted by atomic mass is 127. The molecule has 2 rings (SSSR count). The third-order valence-corrected chi connectivity index (χ3v) is 6.73. The molecule has 7 nitrogen and oxygen atoms in total. The lowest BCUT2D eigenvalue weighted by molar-refractivity contribution is -0.141. The summed E-state index contributed by atoms with van der Waals surface area (Å²) in [4.78, 5) is 28.1. The number of halogens is 1. The summed E-state index contributed by atoms with van der Waals surface area (Å²) in [6, 6.07) is 15.5. The first-order valence-corrected chi connectivity index (χ1v) is 13.6. The highest BCUT2D eigenvalue weighted by Crippen LogP contribution is 2.21. The van der Waals surface area contributed by atoms with Gasteiger partial charge in [0.05, 0.1) is 11.9 Å². The molecule has 2 amide bonds. The van der Waals surface area contributed by atoms with Gasteiger partial charge in [0, 0.05) is 15.7 Å². The van der Waals surface area contributed by atoms with E-state index in [4.69, 9.17) is 0 Å². The van der Waals surface area contributed by atoms with Crippen LogP contribution in [0.3, 0.4) is 0 Å². The Morgan fingerprint density at radius 1 is 1.03 bits per heavy atom. The van der Waals surface area contributed by atoms with Gasteiger partial charge in [-0.15, -0.1) is 0 Å². The minimum absolute atomic E-state index is 0.194. The molecule has 1 atom stereocenters. The molecule has 0 aliphatic rings. The van der Waals surface area contributed by atoms with Crippen LogP contribution in [0, 0.1) is 3.57 Å². The second-order valence-electron chi connectivity index (χ2n) is 8.92. The molecule has 9 heteroatoms. The first kappa shape index (κ1) is 27.1. The fraction of sp³-hybridized carbons (Fsp3) is 0.417. The van der Waals surface area contributed by atoms with Gasteiger partial charge in [0.25, 0.3) is 0 Å². The molecular formula is C24H32IN3O4S. The molecule has 0 spiro atoms. The molecule has 0 heterocycles. The first-order valence-electron chi connectivity index (χ1n) is 10.7. The lowest BCUT2D eigenvalue weighted by Crippen LogP contribution is -2.55.